The highest BCUT2D eigenvalue weighted by Crippen LogP contribution is 2.19. The van der Waals surface area contributed by atoms with Crippen LogP contribution in [0.4, 0.5) is 0 Å². The minimum atomic E-state index is 1.04. The van der Waals surface area contributed by atoms with Gasteiger partial charge in [0.15, 0.2) is 0 Å². The average molecular weight is 186 g/mol. The second-order valence-corrected chi connectivity index (χ2v) is 3.64. The number of aryl methyl sites for hydroxylation is 2. The van der Waals surface area contributed by atoms with Crippen molar-refractivity contribution in [2.45, 2.75) is 13.8 Å². The zero-order valence-electron chi connectivity index (χ0n) is 8.78. The summed E-state index contributed by atoms with van der Waals surface area (Å²) < 4.78 is 2.15. The summed E-state index contributed by atoms with van der Waals surface area (Å²) >= 11 is 0. The Hall–Kier alpha value is -1.57. The lowest BCUT2D eigenvalue weighted by atomic mass is 10.2. The lowest BCUT2D eigenvalue weighted by molar-refractivity contribution is 0.886. The maximum Gasteiger partial charge on any atom is 0.0868 e. The lowest BCUT2D eigenvalue weighted by Gasteiger charge is -2.04. The molecule has 0 aliphatic carbocycles. The van der Waals surface area contributed by atoms with Crippen molar-refractivity contribution in [2.24, 2.45) is 7.05 Å². The van der Waals surface area contributed by atoms with Crippen molar-refractivity contribution < 1.29 is 0 Å². The quantitative estimate of drug-likeness (QED) is 0.669. The fraction of sp³-hybridized carbons (Fsp3) is 0.250. The van der Waals surface area contributed by atoms with Crippen LogP contribution in [0, 0.1) is 13.8 Å². The van der Waals surface area contributed by atoms with E-state index in [1.165, 1.54) is 17.0 Å². The number of rotatable bonds is 1. The van der Waals surface area contributed by atoms with E-state index in [1.807, 2.05) is 12.3 Å². The van der Waals surface area contributed by atoms with Crippen LogP contribution in [0.2, 0.25) is 0 Å². The Kier molecular flexibility index (Phi) is 2.12. The van der Waals surface area contributed by atoms with Gasteiger partial charge < -0.3 is 4.57 Å². The molecule has 14 heavy (non-hydrogen) atoms. The Bertz CT molecular complexity index is 455. The van der Waals surface area contributed by atoms with Crippen molar-refractivity contribution in [3.8, 4) is 11.4 Å². The number of hydrogen-bond donors (Lipinski definition) is 0. The van der Waals surface area contributed by atoms with Crippen LogP contribution < -0.4 is 0 Å². The van der Waals surface area contributed by atoms with Gasteiger partial charge in [-0.15, -0.1) is 0 Å². The van der Waals surface area contributed by atoms with Crippen LogP contribution in [0.1, 0.15) is 11.3 Å². The summed E-state index contributed by atoms with van der Waals surface area (Å²) in [7, 11) is 2.06. The molecular formula is C12H14N2. The number of nitrogens with zero attached hydrogens (tertiary/aromatic N) is 2. The molecule has 2 aromatic heterocycles. The third-order valence-electron chi connectivity index (χ3n) is 2.55. The van der Waals surface area contributed by atoms with Gasteiger partial charge in [0.1, 0.15) is 0 Å². The van der Waals surface area contributed by atoms with Gasteiger partial charge in [0.25, 0.3) is 0 Å². The average Bonchev–Trinajstić information content (AvgIpc) is 2.48. The van der Waals surface area contributed by atoms with Crippen LogP contribution >= 0.6 is 0 Å². The monoisotopic (exact) mass is 186 g/mol. The van der Waals surface area contributed by atoms with Crippen LogP contribution in [0.5, 0.6) is 0 Å². The van der Waals surface area contributed by atoms with Gasteiger partial charge >= 0.3 is 0 Å². The van der Waals surface area contributed by atoms with E-state index in [0.717, 1.165) is 5.69 Å². The molecule has 0 fully saturated rings. The summed E-state index contributed by atoms with van der Waals surface area (Å²) in [4.78, 5) is 4.36. The molecule has 0 N–H and O–H groups in total. The molecule has 0 aromatic carbocycles. The SMILES string of the molecule is Cc1ccnc(-c2ccc(C)n2C)c1. The van der Waals surface area contributed by atoms with Crippen molar-refractivity contribution in [3.63, 3.8) is 0 Å². The van der Waals surface area contributed by atoms with Gasteiger partial charge in [-0.25, -0.2) is 0 Å². The van der Waals surface area contributed by atoms with Crippen LogP contribution in [0.25, 0.3) is 11.4 Å². The molecule has 0 saturated heterocycles. The zero-order chi connectivity index (χ0) is 10.1. The second kappa shape index (κ2) is 3.29. The molecule has 2 aromatic rings. The van der Waals surface area contributed by atoms with Crippen LogP contribution in [0.15, 0.2) is 30.5 Å². The molecule has 0 unspecified atom stereocenters. The molecule has 0 aliphatic rings. The van der Waals surface area contributed by atoms with E-state index >= 15 is 0 Å². The predicted molar refractivity (Wildman–Crippen MR) is 58.1 cm³/mol. The molecule has 0 saturated carbocycles. The van der Waals surface area contributed by atoms with Crippen LogP contribution in [-0.2, 0) is 7.05 Å². The Balaban J connectivity index is 2.55. The molecule has 0 atom stereocenters. The van der Waals surface area contributed by atoms with E-state index in [1.54, 1.807) is 0 Å². The molecule has 2 nitrogen and oxygen atoms in total. The first-order valence-corrected chi connectivity index (χ1v) is 4.74. The summed E-state index contributed by atoms with van der Waals surface area (Å²) in [6.45, 7) is 4.18. The standard InChI is InChI=1S/C12H14N2/c1-9-6-7-13-11(8-9)12-5-4-10(2)14(12)3/h4-8H,1-3H3. The topological polar surface area (TPSA) is 17.8 Å². The Morgan fingerprint density at radius 3 is 2.50 bits per heavy atom. The van der Waals surface area contributed by atoms with Crippen molar-refractivity contribution in [1.82, 2.24) is 9.55 Å². The van der Waals surface area contributed by atoms with Gasteiger partial charge in [0.05, 0.1) is 11.4 Å². The fourth-order valence-electron chi connectivity index (χ4n) is 1.55. The van der Waals surface area contributed by atoms with Crippen LogP contribution in [0.3, 0.4) is 0 Å². The Labute approximate surface area is 84.2 Å². The number of pyridine rings is 1. The molecule has 2 heteroatoms. The van der Waals surface area contributed by atoms with Gasteiger partial charge in [-0.05, 0) is 43.7 Å². The first kappa shape index (κ1) is 9.00. The van der Waals surface area contributed by atoms with E-state index in [-0.39, 0.29) is 0 Å². The Morgan fingerprint density at radius 1 is 1.14 bits per heavy atom. The summed E-state index contributed by atoms with van der Waals surface area (Å²) in [5.74, 6) is 0. The molecule has 0 aliphatic heterocycles. The van der Waals surface area contributed by atoms with Crippen molar-refractivity contribution in [1.29, 1.82) is 0 Å². The van der Waals surface area contributed by atoms with Gasteiger partial charge in [0, 0.05) is 18.9 Å². The molecule has 0 bridgehead atoms. The molecule has 2 heterocycles. The highest BCUT2D eigenvalue weighted by Gasteiger charge is 2.04. The summed E-state index contributed by atoms with van der Waals surface area (Å²) in [6, 6.07) is 8.34. The third kappa shape index (κ3) is 1.43. The summed E-state index contributed by atoms with van der Waals surface area (Å²) in [5, 5.41) is 0. The highest BCUT2D eigenvalue weighted by molar-refractivity contribution is 5.56. The van der Waals surface area contributed by atoms with Gasteiger partial charge in [-0.1, -0.05) is 0 Å². The first-order chi connectivity index (χ1) is 6.68. The molecule has 0 radical (unpaired) electrons. The maximum atomic E-state index is 4.36. The van der Waals surface area contributed by atoms with E-state index in [9.17, 15) is 0 Å². The number of hydrogen-bond acceptors (Lipinski definition) is 1. The molecule has 2 rings (SSSR count). The van der Waals surface area contributed by atoms with Gasteiger partial charge in [-0.3, -0.25) is 4.98 Å². The minimum Gasteiger partial charge on any atom is -0.347 e. The lowest BCUT2D eigenvalue weighted by Crippen LogP contribution is -1.95. The normalized spacial score (nSPS) is 10.5. The maximum absolute atomic E-state index is 4.36. The smallest absolute Gasteiger partial charge is 0.0868 e. The summed E-state index contributed by atoms with van der Waals surface area (Å²) in [6.07, 6.45) is 1.85. The minimum absolute atomic E-state index is 1.04. The highest BCUT2D eigenvalue weighted by atomic mass is 15.0. The molecule has 0 spiro atoms. The zero-order valence-corrected chi connectivity index (χ0v) is 8.78. The third-order valence-corrected chi connectivity index (χ3v) is 2.55. The molecule has 0 amide bonds. The Morgan fingerprint density at radius 2 is 1.93 bits per heavy atom. The van der Waals surface area contributed by atoms with Crippen molar-refractivity contribution >= 4 is 0 Å². The largest absolute Gasteiger partial charge is 0.347 e. The van der Waals surface area contributed by atoms with E-state index < -0.39 is 0 Å². The van der Waals surface area contributed by atoms with Crippen LogP contribution in [-0.4, -0.2) is 9.55 Å². The van der Waals surface area contributed by atoms with E-state index in [0.29, 0.717) is 0 Å². The fourth-order valence-corrected chi connectivity index (χ4v) is 1.55. The van der Waals surface area contributed by atoms with Gasteiger partial charge in [0.2, 0.25) is 0 Å². The number of aromatic nitrogens is 2. The summed E-state index contributed by atoms with van der Waals surface area (Å²) in [5.41, 5.74) is 4.71. The van der Waals surface area contributed by atoms with Crippen molar-refractivity contribution in [2.75, 3.05) is 0 Å². The van der Waals surface area contributed by atoms with E-state index in [2.05, 4.69) is 48.6 Å². The van der Waals surface area contributed by atoms with Crippen molar-refractivity contribution in [3.05, 3.63) is 41.7 Å². The van der Waals surface area contributed by atoms with Gasteiger partial charge in [-0.2, -0.15) is 0 Å². The molecule has 72 valence electrons. The predicted octanol–water partition coefficient (Wildman–Crippen LogP) is 2.70. The second-order valence-electron chi connectivity index (χ2n) is 3.64. The molecular weight excluding hydrogens is 172 g/mol. The first-order valence-electron chi connectivity index (χ1n) is 4.74. The van der Waals surface area contributed by atoms with E-state index in [4.69, 9.17) is 0 Å².